The van der Waals surface area contributed by atoms with Gasteiger partial charge in [0.1, 0.15) is 12.2 Å². The molecule has 0 fully saturated rings. The van der Waals surface area contributed by atoms with Crippen molar-refractivity contribution in [2.75, 3.05) is 13.2 Å². The summed E-state index contributed by atoms with van der Waals surface area (Å²) in [6.07, 6.45) is 2.45. The molecule has 0 aliphatic heterocycles. The minimum Gasteiger partial charge on any atom is -0.374 e. The van der Waals surface area contributed by atoms with Gasteiger partial charge in [0.15, 0.2) is 0 Å². The number of nitrogens with one attached hydrogen (secondary N) is 1. The van der Waals surface area contributed by atoms with Crippen molar-refractivity contribution in [1.82, 2.24) is 20.1 Å². The average molecular weight is 268 g/mol. The molecule has 0 aliphatic rings. The van der Waals surface area contributed by atoms with Crippen molar-refractivity contribution < 1.29 is 4.74 Å². The minimum atomic E-state index is -0.224. The quantitative estimate of drug-likeness (QED) is 0.785. The van der Waals surface area contributed by atoms with Gasteiger partial charge in [0.25, 0.3) is 0 Å². The molecule has 0 bridgehead atoms. The van der Waals surface area contributed by atoms with Crippen LogP contribution in [-0.2, 0) is 11.2 Å². The monoisotopic (exact) mass is 268 g/mol. The Morgan fingerprint density at radius 2 is 2.05 bits per heavy atom. The molecule has 19 heavy (non-hydrogen) atoms. The van der Waals surface area contributed by atoms with Crippen molar-refractivity contribution in [2.24, 2.45) is 0 Å². The van der Waals surface area contributed by atoms with E-state index in [1.165, 1.54) is 0 Å². The molecule has 0 amide bonds. The van der Waals surface area contributed by atoms with Crippen LogP contribution >= 0.6 is 0 Å². The molecule has 0 aromatic carbocycles. The van der Waals surface area contributed by atoms with Gasteiger partial charge < -0.3 is 10.1 Å². The zero-order valence-corrected chi connectivity index (χ0v) is 13.1. The van der Waals surface area contributed by atoms with E-state index in [9.17, 15) is 0 Å². The highest BCUT2D eigenvalue weighted by Gasteiger charge is 2.31. The van der Waals surface area contributed by atoms with Crippen LogP contribution in [0.15, 0.2) is 6.33 Å². The largest absolute Gasteiger partial charge is 0.374 e. The number of ether oxygens (including phenoxy) is 1. The molecule has 0 radical (unpaired) electrons. The van der Waals surface area contributed by atoms with Gasteiger partial charge in [-0.3, -0.25) is 0 Å². The van der Waals surface area contributed by atoms with E-state index in [1.54, 1.807) is 6.33 Å². The summed E-state index contributed by atoms with van der Waals surface area (Å²) in [6, 6.07) is 0.550. The third-order valence-electron chi connectivity index (χ3n) is 3.33. The number of rotatable bonds is 8. The van der Waals surface area contributed by atoms with Crippen molar-refractivity contribution >= 4 is 0 Å². The van der Waals surface area contributed by atoms with Gasteiger partial charge in [-0.05, 0) is 41.2 Å². The molecule has 1 unspecified atom stereocenters. The molecule has 1 rings (SSSR count). The maximum Gasteiger partial charge on any atom is 0.138 e. The summed E-state index contributed by atoms with van der Waals surface area (Å²) in [5, 5.41) is 7.80. The van der Waals surface area contributed by atoms with Crippen LogP contribution in [0.2, 0.25) is 0 Å². The van der Waals surface area contributed by atoms with E-state index in [0.29, 0.717) is 12.6 Å². The number of nitrogens with zero attached hydrogens (tertiary/aromatic N) is 3. The smallest absolute Gasteiger partial charge is 0.138 e. The topological polar surface area (TPSA) is 52.0 Å². The number of aromatic nitrogens is 3. The fraction of sp³-hybridized carbons (Fsp3) is 0.857. The average Bonchev–Trinajstić information content (AvgIpc) is 2.76. The maximum atomic E-state index is 5.87. The first-order chi connectivity index (χ1) is 8.92. The summed E-state index contributed by atoms with van der Waals surface area (Å²) in [7, 11) is 0. The molecule has 1 aromatic heterocycles. The molecule has 1 N–H and O–H groups in total. The highest BCUT2D eigenvalue weighted by molar-refractivity contribution is 4.97. The van der Waals surface area contributed by atoms with Gasteiger partial charge in [0.2, 0.25) is 0 Å². The second-order valence-corrected chi connectivity index (χ2v) is 5.57. The van der Waals surface area contributed by atoms with Gasteiger partial charge in [-0.2, -0.15) is 5.10 Å². The Balaban J connectivity index is 2.86. The van der Waals surface area contributed by atoms with E-state index in [0.717, 1.165) is 18.8 Å². The molecule has 1 heterocycles. The second-order valence-electron chi connectivity index (χ2n) is 5.57. The van der Waals surface area contributed by atoms with Crippen LogP contribution in [0, 0.1) is 0 Å². The molecular formula is C14H28N4O. The maximum absolute atomic E-state index is 5.87. The molecular weight excluding hydrogens is 240 g/mol. The number of likely N-dealkylation sites (N-methyl/N-ethyl adjacent to an activating group) is 1. The lowest BCUT2D eigenvalue weighted by Gasteiger charge is -2.34. The van der Waals surface area contributed by atoms with Crippen LogP contribution in [0.25, 0.3) is 0 Å². The fourth-order valence-corrected chi connectivity index (χ4v) is 2.32. The summed E-state index contributed by atoms with van der Waals surface area (Å²) >= 11 is 0. The van der Waals surface area contributed by atoms with E-state index in [1.807, 2.05) is 11.6 Å². The van der Waals surface area contributed by atoms with Gasteiger partial charge in [0, 0.05) is 25.1 Å². The highest BCUT2D eigenvalue weighted by atomic mass is 16.5. The van der Waals surface area contributed by atoms with Gasteiger partial charge in [-0.1, -0.05) is 6.92 Å². The zero-order valence-electron chi connectivity index (χ0n) is 13.1. The normalized spacial score (nSPS) is 14.1. The Bertz CT molecular complexity index is 373. The minimum absolute atomic E-state index is 0.221. The molecule has 110 valence electrons. The fourth-order valence-electron chi connectivity index (χ4n) is 2.32. The molecule has 0 saturated carbocycles. The number of hydrogen-bond acceptors (Lipinski definition) is 4. The lowest BCUT2D eigenvalue weighted by Crippen LogP contribution is -2.50. The number of hydrogen-bond donors (Lipinski definition) is 1. The van der Waals surface area contributed by atoms with E-state index in [4.69, 9.17) is 4.74 Å². The van der Waals surface area contributed by atoms with E-state index in [-0.39, 0.29) is 11.6 Å². The molecule has 1 atom stereocenters. The van der Waals surface area contributed by atoms with E-state index in [2.05, 4.69) is 50.0 Å². The van der Waals surface area contributed by atoms with Crippen molar-refractivity contribution in [1.29, 1.82) is 0 Å². The Kier molecular flexibility index (Phi) is 5.94. The highest BCUT2D eigenvalue weighted by Crippen LogP contribution is 2.19. The first kappa shape index (κ1) is 16.1. The van der Waals surface area contributed by atoms with Gasteiger partial charge in [-0.25, -0.2) is 9.67 Å². The SMILES string of the molecule is CCNC(Cc1ncnn1C(C)C)C(C)(C)OCC. The second kappa shape index (κ2) is 7.01. The van der Waals surface area contributed by atoms with Crippen LogP contribution in [0.5, 0.6) is 0 Å². The van der Waals surface area contributed by atoms with Gasteiger partial charge in [0.05, 0.1) is 5.60 Å². The Labute approximate surface area is 116 Å². The zero-order chi connectivity index (χ0) is 14.5. The standard InChI is InChI=1S/C14H28N4O/c1-7-15-12(14(5,6)19-8-2)9-13-16-10-17-18(13)11(3)4/h10-12,15H,7-9H2,1-6H3. The van der Waals surface area contributed by atoms with Crippen LogP contribution in [0.3, 0.4) is 0 Å². The lowest BCUT2D eigenvalue weighted by atomic mass is 9.95. The summed E-state index contributed by atoms with van der Waals surface area (Å²) in [5.41, 5.74) is -0.224. The Hall–Kier alpha value is -0.940. The first-order valence-corrected chi connectivity index (χ1v) is 7.18. The molecule has 5 heteroatoms. The molecule has 0 saturated heterocycles. The third-order valence-corrected chi connectivity index (χ3v) is 3.33. The predicted octanol–water partition coefficient (Wildman–Crippen LogP) is 2.19. The van der Waals surface area contributed by atoms with Crippen LogP contribution < -0.4 is 5.32 Å². The summed E-state index contributed by atoms with van der Waals surface area (Å²) in [6.45, 7) is 14.3. The Morgan fingerprint density at radius 1 is 1.37 bits per heavy atom. The Morgan fingerprint density at radius 3 is 2.58 bits per heavy atom. The lowest BCUT2D eigenvalue weighted by molar-refractivity contribution is -0.0383. The summed E-state index contributed by atoms with van der Waals surface area (Å²) < 4.78 is 7.85. The van der Waals surface area contributed by atoms with E-state index >= 15 is 0 Å². The van der Waals surface area contributed by atoms with Gasteiger partial charge in [-0.15, -0.1) is 0 Å². The van der Waals surface area contributed by atoms with Crippen LogP contribution in [0.4, 0.5) is 0 Å². The molecule has 1 aromatic rings. The first-order valence-electron chi connectivity index (χ1n) is 7.18. The summed E-state index contributed by atoms with van der Waals surface area (Å²) in [5.74, 6) is 1.01. The van der Waals surface area contributed by atoms with E-state index < -0.39 is 0 Å². The molecule has 0 spiro atoms. The van der Waals surface area contributed by atoms with Crippen LogP contribution in [0.1, 0.15) is 53.4 Å². The molecule has 0 aliphatic carbocycles. The van der Waals surface area contributed by atoms with Crippen LogP contribution in [-0.4, -0.2) is 39.6 Å². The predicted molar refractivity (Wildman–Crippen MR) is 77.3 cm³/mol. The van der Waals surface area contributed by atoms with Gasteiger partial charge >= 0.3 is 0 Å². The third kappa shape index (κ3) is 4.28. The summed E-state index contributed by atoms with van der Waals surface area (Å²) in [4.78, 5) is 4.39. The van der Waals surface area contributed by atoms with Crippen molar-refractivity contribution in [3.8, 4) is 0 Å². The molecule has 5 nitrogen and oxygen atoms in total. The van der Waals surface area contributed by atoms with Crippen molar-refractivity contribution in [2.45, 2.75) is 65.6 Å². The van der Waals surface area contributed by atoms with Crippen molar-refractivity contribution in [3.63, 3.8) is 0 Å². The van der Waals surface area contributed by atoms with Crippen molar-refractivity contribution in [3.05, 3.63) is 12.2 Å².